The van der Waals surface area contributed by atoms with E-state index in [1.54, 1.807) is 35.2 Å². The smallest absolute Gasteiger partial charge is 0.261 e. The van der Waals surface area contributed by atoms with E-state index in [1.165, 1.54) is 14.2 Å². The Morgan fingerprint density at radius 2 is 1.49 bits per heavy atom. The van der Waals surface area contributed by atoms with Crippen molar-refractivity contribution in [2.45, 2.75) is 38.9 Å². The molecule has 1 N–H and O–H groups in total. The van der Waals surface area contributed by atoms with Gasteiger partial charge in [-0.05, 0) is 37.1 Å². The van der Waals surface area contributed by atoms with Gasteiger partial charge in [0.05, 0.1) is 14.2 Å². The first-order chi connectivity index (χ1) is 17.8. The van der Waals surface area contributed by atoms with E-state index < -0.39 is 6.04 Å². The summed E-state index contributed by atoms with van der Waals surface area (Å²) in [5.41, 5.74) is 1.74. The Morgan fingerprint density at radius 1 is 0.865 bits per heavy atom. The molecule has 8 heteroatoms. The molecular weight excluding hydrogens is 492 g/mol. The highest BCUT2D eigenvalue weighted by Crippen LogP contribution is 2.27. The molecule has 0 aliphatic rings. The number of ether oxygens (including phenoxy) is 3. The van der Waals surface area contributed by atoms with Crippen LogP contribution in [0.2, 0.25) is 5.02 Å². The first kappa shape index (κ1) is 27.9. The maximum absolute atomic E-state index is 13.7. The number of carbonyl (C=O) groups excluding carboxylic acids is 2. The molecule has 7 nitrogen and oxygen atoms in total. The second-order valence-electron chi connectivity index (χ2n) is 8.86. The van der Waals surface area contributed by atoms with Crippen molar-refractivity contribution in [2.75, 3.05) is 20.8 Å². The van der Waals surface area contributed by atoms with Crippen molar-refractivity contribution < 1.29 is 23.8 Å². The molecule has 0 aliphatic heterocycles. The first-order valence-corrected chi connectivity index (χ1v) is 12.4. The summed E-state index contributed by atoms with van der Waals surface area (Å²) in [5.74, 6) is 0.907. The molecular formula is C29H33ClN2O5. The summed E-state index contributed by atoms with van der Waals surface area (Å²) in [6.07, 6.45) is 0.346. The lowest BCUT2D eigenvalue weighted by Crippen LogP contribution is -2.52. The second kappa shape index (κ2) is 13.6. The van der Waals surface area contributed by atoms with Crippen molar-refractivity contribution in [2.24, 2.45) is 0 Å². The fourth-order valence-corrected chi connectivity index (χ4v) is 4.07. The van der Waals surface area contributed by atoms with Crippen LogP contribution in [0.5, 0.6) is 17.2 Å². The zero-order chi connectivity index (χ0) is 26.8. The van der Waals surface area contributed by atoms with Gasteiger partial charge in [0.1, 0.15) is 23.3 Å². The lowest BCUT2D eigenvalue weighted by atomic mass is 10.0. The molecule has 3 aromatic rings. The van der Waals surface area contributed by atoms with Crippen molar-refractivity contribution in [1.82, 2.24) is 10.2 Å². The number of methoxy groups -OCH3 is 2. The van der Waals surface area contributed by atoms with Crippen LogP contribution in [-0.4, -0.2) is 49.6 Å². The highest BCUT2D eigenvalue weighted by atomic mass is 35.5. The average molecular weight is 525 g/mol. The predicted molar refractivity (Wildman–Crippen MR) is 144 cm³/mol. The Hall–Kier alpha value is -3.71. The summed E-state index contributed by atoms with van der Waals surface area (Å²) in [7, 11) is 3.08. The van der Waals surface area contributed by atoms with Gasteiger partial charge >= 0.3 is 0 Å². The zero-order valence-electron chi connectivity index (χ0n) is 21.6. The quantitative estimate of drug-likeness (QED) is 0.364. The summed E-state index contributed by atoms with van der Waals surface area (Å²) in [4.78, 5) is 28.6. The van der Waals surface area contributed by atoms with Crippen LogP contribution in [0.1, 0.15) is 25.0 Å². The molecule has 0 saturated heterocycles. The van der Waals surface area contributed by atoms with Crippen molar-refractivity contribution in [3.63, 3.8) is 0 Å². The molecule has 0 aliphatic carbocycles. The van der Waals surface area contributed by atoms with Crippen LogP contribution < -0.4 is 19.5 Å². The van der Waals surface area contributed by atoms with Gasteiger partial charge in [-0.3, -0.25) is 9.59 Å². The Morgan fingerprint density at radius 3 is 2.08 bits per heavy atom. The van der Waals surface area contributed by atoms with Gasteiger partial charge in [0.25, 0.3) is 5.91 Å². The average Bonchev–Trinajstić information content (AvgIpc) is 2.89. The minimum atomic E-state index is -0.764. The van der Waals surface area contributed by atoms with Crippen molar-refractivity contribution in [1.29, 1.82) is 0 Å². The maximum Gasteiger partial charge on any atom is 0.261 e. The maximum atomic E-state index is 13.7. The van der Waals surface area contributed by atoms with Gasteiger partial charge in [-0.2, -0.15) is 0 Å². The Labute approximate surface area is 223 Å². The topological polar surface area (TPSA) is 77.1 Å². The molecule has 0 spiro atoms. The van der Waals surface area contributed by atoms with E-state index in [0.717, 1.165) is 11.1 Å². The third kappa shape index (κ3) is 8.43. The molecule has 0 bridgehead atoms. The van der Waals surface area contributed by atoms with Crippen LogP contribution in [-0.2, 0) is 22.6 Å². The molecule has 1 unspecified atom stereocenters. The fraction of sp³-hybridized carbons (Fsp3) is 0.310. The number of hydrogen-bond donors (Lipinski definition) is 1. The van der Waals surface area contributed by atoms with E-state index in [1.807, 2.05) is 56.3 Å². The number of benzene rings is 3. The Kier molecular flexibility index (Phi) is 10.2. The third-order valence-corrected chi connectivity index (χ3v) is 5.87. The number of rotatable bonds is 12. The fourth-order valence-electron chi connectivity index (χ4n) is 3.86. The molecule has 0 heterocycles. The summed E-state index contributed by atoms with van der Waals surface area (Å²) in [5, 5.41) is 3.52. The van der Waals surface area contributed by atoms with Crippen molar-refractivity contribution in [3.8, 4) is 17.2 Å². The van der Waals surface area contributed by atoms with Gasteiger partial charge in [-0.1, -0.05) is 54.1 Å². The van der Waals surface area contributed by atoms with Crippen molar-refractivity contribution >= 4 is 23.4 Å². The first-order valence-electron chi connectivity index (χ1n) is 12.0. The Bertz CT molecular complexity index is 1160. The van der Waals surface area contributed by atoms with Gasteiger partial charge in [0.15, 0.2) is 6.61 Å². The lowest BCUT2D eigenvalue weighted by molar-refractivity contribution is -0.143. The van der Waals surface area contributed by atoms with Crippen LogP contribution in [0.3, 0.4) is 0 Å². The minimum absolute atomic E-state index is 0.0885. The summed E-state index contributed by atoms with van der Waals surface area (Å²) >= 11 is 6.22. The molecule has 196 valence electrons. The predicted octanol–water partition coefficient (Wildman–Crippen LogP) is 4.90. The molecule has 3 aromatic carbocycles. The van der Waals surface area contributed by atoms with Crippen LogP contribution in [0.25, 0.3) is 0 Å². The molecule has 0 fully saturated rings. The van der Waals surface area contributed by atoms with Gasteiger partial charge in [0.2, 0.25) is 5.91 Å². The largest absolute Gasteiger partial charge is 0.496 e. The molecule has 2 amide bonds. The number of nitrogens with zero attached hydrogens (tertiary/aromatic N) is 1. The highest BCUT2D eigenvalue weighted by Gasteiger charge is 2.31. The highest BCUT2D eigenvalue weighted by molar-refractivity contribution is 6.30. The van der Waals surface area contributed by atoms with E-state index in [2.05, 4.69) is 5.32 Å². The SMILES string of the molecule is COc1cc(OC)cc(OCC(=O)N(Cc2cccc(Cl)c2)C(Cc2ccccc2)C(=O)NC(C)C)c1. The molecule has 1 atom stereocenters. The number of nitrogens with one attached hydrogen (secondary N) is 1. The second-order valence-corrected chi connectivity index (χ2v) is 9.29. The summed E-state index contributed by atoms with van der Waals surface area (Å²) in [6, 6.07) is 21.1. The Balaban J connectivity index is 1.92. The van der Waals surface area contributed by atoms with E-state index in [0.29, 0.717) is 28.7 Å². The number of halogens is 1. The van der Waals surface area contributed by atoms with Gasteiger partial charge in [0, 0.05) is 42.2 Å². The van der Waals surface area contributed by atoms with Gasteiger partial charge < -0.3 is 24.4 Å². The molecule has 0 radical (unpaired) electrons. The minimum Gasteiger partial charge on any atom is -0.496 e. The molecule has 0 saturated carbocycles. The van der Waals surface area contributed by atoms with E-state index in [9.17, 15) is 9.59 Å². The molecule has 0 aromatic heterocycles. The molecule has 3 rings (SSSR count). The third-order valence-electron chi connectivity index (χ3n) is 5.63. The van der Waals surface area contributed by atoms with Gasteiger partial charge in [-0.25, -0.2) is 0 Å². The summed E-state index contributed by atoms with van der Waals surface area (Å²) < 4.78 is 16.4. The monoisotopic (exact) mass is 524 g/mol. The normalized spacial score (nSPS) is 11.5. The van der Waals surface area contributed by atoms with E-state index in [-0.39, 0.29) is 31.0 Å². The standard InChI is InChI=1S/C29H33ClN2O5/c1-20(2)31-29(34)27(14-21-9-6-5-7-10-21)32(18-22-11-8-12-23(30)13-22)28(33)19-37-26-16-24(35-3)15-25(17-26)36-4/h5-13,15-17,20,27H,14,18-19H2,1-4H3,(H,31,34). The van der Waals surface area contributed by atoms with E-state index in [4.69, 9.17) is 25.8 Å². The zero-order valence-corrected chi connectivity index (χ0v) is 22.3. The summed E-state index contributed by atoms with van der Waals surface area (Å²) in [6.45, 7) is 3.68. The van der Waals surface area contributed by atoms with Crippen LogP contribution >= 0.6 is 11.6 Å². The van der Waals surface area contributed by atoms with Crippen LogP contribution in [0.15, 0.2) is 72.8 Å². The molecule has 37 heavy (non-hydrogen) atoms. The van der Waals surface area contributed by atoms with Crippen LogP contribution in [0, 0.1) is 0 Å². The number of amides is 2. The number of carbonyl (C=O) groups is 2. The van der Waals surface area contributed by atoms with Crippen LogP contribution in [0.4, 0.5) is 0 Å². The lowest BCUT2D eigenvalue weighted by Gasteiger charge is -2.32. The van der Waals surface area contributed by atoms with E-state index >= 15 is 0 Å². The number of hydrogen-bond acceptors (Lipinski definition) is 5. The van der Waals surface area contributed by atoms with Crippen molar-refractivity contribution in [3.05, 3.63) is 88.9 Å². The van der Waals surface area contributed by atoms with Gasteiger partial charge in [-0.15, -0.1) is 0 Å².